The van der Waals surface area contributed by atoms with E-state index < -0.39 is 5.54 Å². The van der Waals surface area contributed by atoms with Crippen molar-refractivity contribution < 1.29 is 13.6 Å². The van der Waals surface area contributed by atoms with Gasteiger partial charge in [-0.05, 0) is 48.9 Å². The van der Waals surface area contributed by atoms with E-state index in [0.29, 0.717) is 54.4 Å². The fraction of sp³-hybridized carbons (Fsp3) is 0.207. The van der Waals surface area contributed by atoms with Gasteiger partial charge in [0.15, 0.2) is 22.6 Å². The number of aromatic nitrogens is 6. The number of nitrogen functional groups attached to an aromatic ring is 1. The Balaban J connectivity index is 0.00000316. The molecule has 0 bridgehead atoms. The van der Waals surface area contributed by atoms with Crippen molar-refractivity contribution in [3.8, 4) is 11.6 Å². The second kappa shape index (κ2) is 10.5. The van der Waals surface area contributed by atoms with E-state index in [1.165, 1.54) is 16.6 Å². The normalized spacial score (nSPS) is 15.1. The Morgan fingerprint density at radius 2 is 1.69 bits per heavy atom. The molecule has 7 rings (SSSR count). The fourth-order valence-corrected chi connectivity index (χ4v) is 5.47. The summed E-state index contributed by atoms with van der Waals surface area (Å²) < 4.78 is 22.0. The molecule has 6 aromatic rings. The second-order valence-corrected chi connectivity index (χ2v) is 10.1. The molecule has 4 aromatic heterocycles. The van der Waals surface area contributed by atoms with E-state index in [0.717, 1.165) is 11.3 Å². The van der Waals surface area contributed by atoms with Gasteiger partial charge in [0.1, 0.15) is 5.82 Å². The first kappa shape index (κ1) is 27.3. The first-order valence-corrected chi connectivity index (χ1v) is 13.2. The van der Waals surface area contributed by atoms with E-state index in [4.69, 9.17) is 15.2 Å². The number of anilines is 2. The Morgan fingerprint density at radius 3 is 2.38 bits per heavy atom. The quantitative estimate of drug-likeness (QED) is 0.325. The number of fused-ring (bicyclic) bond motifs is 3. The predicted octanol–water partition coefficient (Wildman–Crippen LogP) is 3.68. The minimum atomic E-state index is -1.23. The van der Waals surface area contributed by atoms with Crippen LogP contribution in [0.25, 0.3) is 28.3 Å². The zero-order chi connectivity index (χ0) is 28.1. The van der Waals surface area contributed by atoms with Crippen molar-refractivity contribution >= 4 is 47.7 Å². The van der Waals surface area contributed by atoms with Crippen LogP contribution in [0.5, 0.6) is 0 Å². The van der Waals surface area contributed by atoms with Crippen LogP contribution >= 0.6 is 13.5 Å². The van der Waals surface area contributed by atoms with Gasteiger partial charge in [-0.3, -0.25) is 4.79 Å². The topological polar surface area (TPSA) is 124 Å². The number of furan rings is 1. The number of carbonyl (C=O) groups is 1. The minimum absolute atomic E-state index is 0. The van der Waals surface area contributed by atoms with Gasteiger partial charge in [-0.25, -0.2) is 14.1 Å². The lowest BCUT2D eigenvalue weighted by Crippen LogP contribution is -2.56. The van der Waals surface area contributed by atoms with Crippen LogP contribution in [-0.4, -0.2) is 66.3 Å². The third-order valence-corrected chi connectivity index (χ3v) is 7.71. The Kier molecular flexibility index (Phi) is 6.81. The monoisotopic (exact) mass is 585 g/mol. The van der Waals surface area contributed by atoms with E-state index in [1.807, 2.05) is 42.2 Å². The third kappa shape index (κ3) is 4.33. The van der Waals surface area contributed by atoms with Crippen molar-refractivity contribution in [2.75, 3.05) is 36.8 Å². The summed E-state index contributed by atoms with van der Waals surface area (Å²) in [5.41, 5.74) is 7.67. The van der Waals surface area contributed by atoms with Crippen LogP contribution in [0.4, 0.5) is 16.0 Å². The van der Waals surface area contributed by atoms with Crippen LogP contribution in [-0.2, 0) is 10.3 Å². The summed E-state index contributed by atoms with van der Waals surface area (Å²) >= 11 is 0. The van der Waals surface area contributed by atoms with Crippen molar-refractivity contribution in [2.24, 2.45) is 0 Å². The lowest BCUT2D eigenvalue weighted by Gasteiger charge is -2.40. The zero-order valence-electron chi connectivity index (χ0n) is 22.7. The van der Waals surface area contributed by atoms with Gasteiger partial charge in [0, 0.05) is 31.9 Å². The van der Waals surface area contributed by atoms with Gasteiger partial charge in [0.25, 0.3) is 5.91 Å². The van der Waals surface area contributed by atoms with Gasteiger partial charge < -0.3 is 20.0 Å². The zero-order valence-corrected chi connectivity index (χ0v) is 23.7. The van der Waals surface area contributed by atoms with Gasteiger partial charge in [-0.1, -0.05) is 30.3 Å². The van der Waals surface area contributed by atoms with E-state index in [9.17, 15) is 9.18 Å². The smallest absolute Gasteiger partial charge is 0.255 e. The van der Waals surface area contributed by atoms with Crippen LogP contribution in [0.1, 0.15) is 12.5 Å². The van der Waals surface area contributed by atoms with Gasteiger partial charge in [0.05, 0.1) is 17.8 Å². The molecule has 0 aliphatic carbocycles. The highest BCUT2D eigenvalue weighted by Gasteiger charge is 2.43. The first-order chi connectivity index (χ1) is 19.9. The largest absolute Gasteiger partial charge is 0.461 e. The summed E-state index contributed by atoms with van der Waals surface area (Å²) in [6.07, 6.45) is 3.19. The predicted molar refractivity (Wildman–Crippen MR) is 161 cm³/mol. The molecule has 2 aromatic carbocycles. The molecule has 42 heavy (non-hydrogen) atoms. The maximum Gasteiger partial charge on any atom is 0.255 e. The van der Waals surface area contributed by atoms with Gasteiger partial charge in [-0.15, -0.1) is 5.10 Å². The van der Waals surface area contributed by atoms with Crippen molar-refractivity contribution in [3.63, 3.8) is 0 Å². The number of hydrogen-bond donors (Lipinski definition) is 1. The lowest BCUT2D eigenvalue weighted by atomic mass is 9.90. The number of halogens is 1. The maximum atomic E-state index is 14.5. The SMILES string of the molecule is C[C@@](C(=O)N1CCN(c2ccc(F)cc2)CC1)(c1ccccc1)n1ncc2c1nc(N)n1nc(-c3ccco3)nc21.S. The van der Waals surface area contributed by atoms with Crippen LogP contribution in [0.3, 0.4) is 0 Å². The molecule has 13 heteroatoms. The van der Waals surface area contributed by atoms with E-state index in [-0.39, 0.29) is 31.2 Å². The Labute approximate surface area is 246 Å². The Bertz CT molecular complexity index is 1860. The molecule has 0 spiro atoms. The molecule has 1 amide bonds. The molecule has 1 atom stereocenters. The van der Waals surface area contributed by atoms with Crippen LogP contribution < -0.4 is 10.6 Å². The molecule has 0 saturated carbocycles. The summed E-state index contributed by atoms with van der Waals surface area (Å²) in [6, 6.07) is 19.5. The number of piperazine rings is 1. The average molecular weight is 586 g/mol. The number of rotatable bonds is 5. The van der Waals surface area contributed by atoms with Gasteiger partial charge in [-0.2, -0.15) is 28.1 Å². The van der Waals surface area contributed by atoms with Crippen molar-refractivity contribution in [1.82, 2.24) is 34.3 Å². The highest BCUT2D eigenvalue weighted by atomic mass is 32.1. The summed E-state index contributed by atoms with van der Waals surface area (Å²) in [5.74, 6) is 0.575. The molecular weight excluding hydrogens is 557 g/mol. The number of hydrogen-bond acceptors (Lipinski definition) is 8. The summed E-state index contributed by atoms with van der Waals surface area (Å²) in [4.78, 5) is 27.7. The van der Waals surface area contributed by atoms with Gasteiger partial charge >= 0.3 is 0 Å². The molecule has 214 valence electrons. The van der Waals surface area contributed by atoms with Crippen LogP contribution in [0.15, 0.2) is 83.6 Å². The van der Waals surface area contributed by atoms with E-state index in [1.54, 1.807) is 41.4 Å². The molecule has 1 saturated heterocycles. The number of benzene rings is 2. The standard InChI is InChI=1S/C29H26FN9O2.H2S/c1-29(19-6-3-2-4-7-19,27(40)37-15-13-36(14-16-37)21-11-9-20(30)10-12-21)39-26-22(18-32-39)25-33-24(23-8-5-17-41-23)35-38(25)28(31)34-26;/h2-12,17-18H,13-16H2,1H3,(H2,31,34);1H2/t29-;/m0./s1. The molecule has 5 heterocycles. The molecular formula is C29H28FN9O2S. The van der Waals surface area contributed by atoms with Crippen LogP contribution in [0.2, 0.25) is 0 Å². The molecule has 1 aliphatic rings. The molecule has 1 aliphatic heterocycles. The van der Waals surface area contributed by atoms with Crippen molar-refractivity contribution in [3.05, 3.63) is 90.6 Å². The number of amides is 1. The summed E-state index contributed by atoms with van der Waals surface area (Å²) in [7, 11) is 0. The lowest BCUT2D eigenvalue weighted by molar-refractivity contribution is -0.138. The number of nitrogens with zero attached hydrogens (tertiary/aromatic N) is 8. The minimum Gasteiger partial charge on any atom is -0.461 e. The van der Waals surface area contributed by atoms with E-state index >= 15 is 0 Å². The molecule has 0 unspecified atom stereocenters. The third-order valence-electron chi connectivity index (χ3n) is 7.71. The molecule has 0 radical (unpaired) electrons. The number of carbonyl (C=O) groups excluding carboxylic acids is 1. The summed E-state index contributed by atoms with van der Waals surface area (Å²) in [6.45, 7) is 4.07. The maximum absolute atomic E-state index is 14.5. The van der Waals surface area contributed by atoms with Crippen molar-refractivity contribution in [1.29, 1.82) is 0 Å². The number of nitrogens with two attached hydrogens (primary N) is 1. The van der Waals surface area contributed by atoms with Crippen molar-refractivity contribution in [2.45, 2.75) is 12.5 Å². The highest BCUT2D eigenvalue weighted by molar-refractivity contribution is 7.59. The Hall–Kier alpha value is -4.91. The van der Waals surface area contributed by atoms with Gasteiger partial charge in [0.2, 0.25) is 11.8 Å². The second-order valence-electron chi connectivity index (χ2n) is 10.1. The average Bonchev–Trinajstić information content (AvgIpc) is 3.78. The van der Waals surface area contributed by atoms with E-state index in [2.05, 4.69) is 20.0 Å². The highest BCUT2D eigenvalue weighted by Crippen LogP contribution is 2.33. The fourth-order valence-electron chi connectivity index (χ4n) is 5.47. The molecule has 11 nitrogen and oxygen atoms in total. The van der Waals surface area contributed by atoms with Crippen LogP contribution in [0, 0.1) is 5.82 Å². The molecule has 1 fully saturated rings. The summed E-state index contributed by atoms with van der Waals surface area (Å²) in [5, 5.41) is 9.76. The first-order valence-electron chi connectivity index (χ1n) is 13.2. The molecule has 2 N–H and O–H groups in total. The Morgan fingerprint density at radius 1 is 0.952 bits per heavy atom.